The Morgan fingerprint density at radius 1 is 1.60 bits per heavy atom. The Balaban J connectivity index is 1.85. The van der Waals surface area contributed by atoms with Crippen LogP contribution in [0.3, 0.4) is 0 Å². The Hall–Kier alpha value is -0.880. The lowest BCUT2D eigenvalue weighted by atomic mass is 10.2. The van der Waals surface area contributed by atoms with Gasteiger partial charge in [0.25, 0.3) is 0 Å². The third-order valence-corrected chi connectivity index (χ3v) is 4.35. The van der Waals surface area contributed by atoms with E-state index in [0.717, 1.165) is 18.5 Å². The molecule has 15 heavy (non-hydrogen) atoms. The fourth-order valence-electron chi connectivity index (χ4n) is 1.76. The first-order valence-electron chi connectivity index (χ1n) is 4.99. The van der Waals surface area contributed by atoms with E-state index < -0.39 is 9.84 Å². The molecule has 1 N–H and O–H groups in total. The number of nitrogens with one attached hydrogen (secondary N) is 1. The molecule has 1 aromatic rings. The van der Waals surface area contributed by atoms with Gasteiger partial charge in [-0.1, -0.05) is 5.16 Å². The van der Waals surface area contributed by atoms with Crippen molar-refractivity contribution in [2.45, 2.75) is 25.4 Å². The van der Waals surface area contributed by atoms with Gasteiger partial charge in [0.1, 0.15) is 6.26 Å². The average Bonchev–Trinajstić information content (AvgIpc) is 2.65. The summed E-state index contributed by atoms with van der Waals surface area (Å²) in [6.45, 7) is 0.566. The molecule has 1 saturated heterocycles. The summed E-state index contributed by atoms with van der Waals surface area (Å²) in [5, 5.41) is 6.93. The van der Waals surface area contributed by atoms with E-state index in [1.54, 1.807) is 6.07 Å². The lowest BCUT2D eigenvalue weighted by Gasteiger charge is -2.22. The van der Waals surface area contributed by atoms with Crippen molar-refractivity contribution >= 4 is 9.84 Å². The van der Waals surface area contributed by atoms with Crippen molar-refractivity contribution in [3.8, 4) is 0 Å². The van der Waals surface area contributed by atoms with Gasteiger partial charge in [0.05, 0.1) is 17.2 Å². The molecule has 5 nitrogen and oxygen atoms in total. The van der Waals surface area contributed by atoms with E-state index in [1.165, 1.54) is 6.26 Å². The van der Waals surface area contributed by atoms with E-state index in [4.69, 9.17) is 0 Å². The van der Waals surface area contributed by atoms with Crippen LogP contribution in [0.25, 0.3) is 0 Å². The first-order chi connectivity index (χ1) is 7.16. The van der Waals surface area contributed by atoms with Gasteiger partial charge in [-0.3, -0.25) is 0 Å². The van der Waals surface area contributed by atoms with Gasteiger partial charge in [-0.25, -0.2) is 8.42 Å². The van der Waals surface area contributed by atoms with Crippen molar-refractivity contribution in [1.29, 1.82) is 0 Å². The highest BCUT2D eigenvalue weighted by Gasteiger charge is 2.24. The molecule has 0 amide bonds. The van der Waals surface area contributed by atoms with Crippen molar-refractivity contribution in [3.63, 3.8) is 0 Å². The second-order valence-corrected chi connectivity index (χ2v) is 6.05. The summed E-state index contributed by atoms with van der Waals surface area (Å²) in [6.07, 6.45) is 3.17. The Labute approximate surface area is 88.8 Å². The molecular weight excluding hydrogens is 216 g/mol. The maximum absolute atomic E-state index is 11.3. The summed E-state index contributed by atoms with van der Waals surface area (Å²) >= 11 is 0. The van der Waals surface area contributed by atoms with Crippen LogP contribution in [0.2, 0.25) is 0 Å². The fourth-order valence-corrected chi connectivity index (χ4v) is 3.43. The van der Waals surface area contributed by atoms with Crippen LogP contribution < -0.4 is 5.32 Å². The Bertz CT molecular complexity index is 399. The SMILES string of the molecule is O=S1(=O)CCCC(NCc2ccon2)C1. The van der Waals surface area contributed by atoms with Gasteiger partial charge in [0.2, 0.25) is 0 Å². The third kappa shape index (κ3) is 3.04. The second kappa shape index (κ2) is 4.32. The van der Waals surface area contributed by atoms with Crippen molar-refractivity contribution in [2.24, 2.45) is 0 Å². The van der Waals surface area contributed by atoms with Gasteiger partial charge in [0, 0.05) is 18.7 Å². The van der Waals surface area contributed by atoms with Gasteiger partial charge in [-0.05, 0) is 12.8 Å². The van der Waals surface area contributed by atoms with Gasteiger partial charge in [-0.2, -0.15) is 0 Å². The van der Waals surface area contributed by atoms with E-state index in [-0.39, 0.29) is 11.8 Å². The summed E-state index contributed by atoms with van der Waals surface area (Å²) in [7, 11) is -2.83. The largest absolute Gasteiger partial charge is 0.364 e. The molecular formula is C9H14N2O3S. The zero-order valence-electron chi connectivity index (χ0n) is 8.35. The maximum atomic E-state index is 11.3. The van der Waals surface area contributed by atoms with E-state index in [2.05, 4.69) is 15.0 Å². The van der Waals surface area contributed by atoms with Crippen molar-refractivity contribution in [2.75, 3.05) is 11.5 Å². The predicted molar refractivity (Wildman–Crippen MR) is 55.0 cm³/mol. The maximum Gasteiger partial charge on any atom is 0.151 e. The van der Waals surface area contributed by atoms with Gasteiger partial charge >= 0.3 is 0 Å². The molecule has 1 aliphatic rings. The molecule has 1 atom stereocenters. The number of aromatic nitrogens is 1. The molecule has 0 spiro atoms. The van der Waals surface area contributed by atoms with E-state index in [9.17, 15) is 8.42 Å². The molecule has 2 rings (SSSR count). The number of nitrogens with zero attached hydrogens (tertiary/aromatic N) is 1. The predicted octanol–water partition coefficient (Wildman–Crippen LogP) is 0.341. The van der Waals surface area contributed by atoms with Crippen molar-refractivity contribution in [1.82, 2.24) is 10.5 Å². The number of rotatable bonds is 3. The first kappa shape index (κ1) is 10.6. The minimum Gasteiger partial charge on any atom is -0.364 e. The van der Waals surface area contributed by atoms with Crippen LogP contribution in [0.15, 0.2) is 16.9 Å². The van der Waals surface area contributed by atoms with Crippen LogP contribution in [0, 0.1) is 0 Å². The molecule has 0 bridgehead atoms. The third-order valence-electron chi connectivity index (χ3n) is 2.53. The summed E-state index contributed by atoms with van der Waals surface area (Å²) < 4.78 is 27.4. The minimum atomic E-state index is -2.83. The molecule has 1 unspecified atom stereocenters. The van der Waals surface area contributed by atoms with Gasteiger partial charge in [0.15, 0.2) is 9.84 Å². The molecule has 1 aliphatic heterocycles. The Morgan fingerprint density at radius 3 is 3.13 bits per heavy atom. The average molecular weight is 230 g/mol. The number of sulfone groups is 1. The van der Waals surface area contributed by atoms with Crippen LogP contribution >= 0.6 is 0 Å². The molecule has 84 valence electrons. The molecule has 2 heterocycles. The molecule has 0 radical (unpaired) electrons. The Kier molecular flexibility index (Phi) is 3.06. The highest BCUT2D eigenvalue weighted by atomic mass is 32.2. The molecule has 1 aromatic heterocycles. The zero-order chi connectivity index (χ0) is 10.7. The molecule has 0 aliphatic carbocycles. The van der Waals surface area contributed by atoms with Crippen LogP contribution in [-0.4, -0.2) is 31.1 Å². The summed E-state index contributed by atoms with van der Waals surface area (Å²) in [5.74, 6) is 0.569. The van der Waals surface area contributed by atoms with Crippen LogP contribution in [-0.2, 0) is 16.4 Å². The number of hydrogen-bond acceptors (Lipinski definition) is 5. The summed E-state index contributed by atoms with van der Waals surface area (Å²) in [6, 6.07) is 1.82. The highest BCUT2D eigenvalue weighted by Crippen LogP contribution is 2.12. The molecule has 0 saturated carbocycles. The van der Waals surface area contributed by atoms with Gasteiger partial charge in [-0.15, -0.1) is 0 Å². The standard InChI is InChI=1S/C9H14N2O3S/c12-15(13)5-1-2-9(7-15)10-6-8-3-4-14-11-8/h3-4,9-10H,1-2,5-7H2. The van der Waals surface area contributed by atoms with Crippen LogP contribution in [0.1, 0.15) is 18.5 Å². The summed E-state index contributed by atoms with van der Waals surface area (Å²) in [5.41, 5.74) is 0.804. The normalized spacial score (nSPS) is 25.2. The topological polar surface area (TPSA) is 72.2 Å². The fraction of sp³-hybridized carbons (Fsp3) is 0.667. The van der Waals surface area contributed by atoms with E-state index >= 15 is 0 Å². The summed E-state index contributed by atoms with van der Waals surface area (Å²) in [4.78, 5) is 0. The highest BCUT2D eigenvalue weighted by molar-refractivity contribution is 7.91. The first-order valence-corrected chi connectivity index (χ1v) is 6.81. The molecule has 0 aromatic carbocycles. The zero-order valence-corrected chi connectivity index (χ0v) is 9.16. The van der Waals surface area contributed by atoms with E-state index in [0.29, 0.717) is 12.3 Å². The Morgan fingerprint density at radius 2 is 2.47 bits per heavy atom. The quantitative estimate of drug-likeness (QED) is 0.810. The van der Waals surface area contributed by atoms with Crippen molar-refractivity contribution in [3.05, 3.63) is 18.0 Å². The molecule has 6 heteroatoms. The molecule has 1 fully saturated rings. The second-order valence-electron chi connectivity index (χ2n) is 3.83. The number of hydrogen-bond donors (Lipinski definition) is 1. The van der Waals surface area contributed by atoms with Crippen LogP contribution in [0.4, 0.5) is 0 Å². The monoisotopic (exact) mass is 230 g/mol. The van der Waals surface area contributed by atoms with E-state index in [1.807, 2.05) is 0 Å². The lowest BCUT2D eigenvalue weighted by Crippen LogP contribution is -2.39. The minimum absolute atomic E-state index is 0.0560. The lowest BCUT2D eigenvalue weighted by molar-refractivity contribution is 0.402. The van der Waals surface area contributed by atoms with Crippen molar-refractivity contribution < 1.29 is 12.9 Å². The van der Waals surface area contributed by atoms with Gasteiger partial charge < -0.3 is 9.84 Å². The smallest absolute Gasteiger partial charge is 0.151 e. The van der Waals surface area contributed by atoms with Crippen LogP contribution in [0.5, 0.6) is 0 Å².